The van der Waals surface area contributed by atoms with Gasteiger partial charge in [-0.05, 0) is 49.2 Å². The summed E-state index contributed by atoms with van der Waals surface area (Å²) in [7, 11) is 0. The van der Waals surface area contributed by atoms with Gasteiger partial charge in [0.15, 0.2) is 0 Å². The van der Waals surface area contributed by atoms with Crippen LogP contribution in [0.25, 0.3) is 5.76 Å². The topological polar surface area (TPSA) is 111 Å². The molecule has 1 aliphatic heterocycles. The highest BCUT2D eigenvalue weighted by molar-refractivity contribution is 6.46. The molecule has 7 nitrogen and oxygen atoms in total. The fraction of sp³-hybridized carbons (Fsp3) is 0.200. The maximum atomic E-state index is 13.2. The lowest BCUT2D eigenvalue weighted by atomic mass is 9.98. The minimum atomic E-state index is -1.27. The van der Waals surface area contributed by atoms with E-state index in [1.165, 1.54) is 23.2 Å². The van der Waals surface area contributed by atoms with Gasteiger partial charge in [-0.1, -0.05) is 6.07 Å². The van der Waals surface area contributed by atoms with E-state index in [0.29, 0.717) is 5.69 Å². The molecule has 0 aliphatic carbocycles. The molecule has 1 N–H and O–H groups in total. The fourth-order valence-electron chi connectivity index (χ4n) is 3.11. The summed E-state index contributed by atoms with van der Waals surface area (Å²) < 4.78 is 13.2. The summed E-state index contributed by atoms with van der Waals surface area (Å²) in [4.78, 5) is 41.2. The van der Waals surface area contributed by atoms with E-state index >= 15 is 0 Å². The molecule has 0 saturated carbocycles. The van der Waals surface area contributed by atoms with Gasteiger partial charge in [-0.3, -0.25) is 14.6 Å². The lowest BCUT2D eigenvalue weighted by molar-refractivity contribution is -0.305. The minimum absolute atomic E-state index is 0.0278. The van der Waals surface area contributed by atoms with Crippen molar-refractivity contribution in [1.82, 2.24) is 9.88 Å². The van der Waals surface area contributed by atoms with E-state index < -0.39 is 35.3 Å². The van der Waals surface area contributed by atoms with Gasteiger partial charge in [0.25, 0.3) is 11.7 Å². The number of benzene rings is 1. The van der Waals surface area contributed by atoms with Crippen LogP contribution < -0.4 is 5.11 Å². The van der Waals surface area contributed by atoms with Crippen molar-refractivity contribution < 1.29 is 29.0 Å². The number of ketones is 1. The summed E-state index contributed by atoms with van der Waals surface area (Å²) in [6.45, 7) is -0.0278. The van der Waals surface area contributed by atoms with Gasteiger partial charge < -0.3 is 19.9 Å². The van der Waals surface area contributed by atoms with E-state index in [1.54, 1.807) is 18.2 Å². The van der Waals surface area contributed by atoms with Gasteiger partial charge in [0, 0.05) is 24.3 Å². The number of carboxylic acid groups (broad SMARTS) is 1. The molecule has 0 unspecified atom stereocenters. The van der Waals surface area contributed by atoms with Crippen LogP contribution in [0.5, 0.6) is 0 Å². The maximum Gasteiger partial charge on any atom is 0.295 e. The van der Waals surface area contributed by atoms with Crippen molar-refractivity contribution in [3.05, 3.63) is 71.3 Å². The van der Waals surface area contributed by atoms with Gasteiger partial charge in [-0.2, -0.15) is 0 Å². The number of hydrogen-bond donors (Lipinski definition) is 1. The third-order valence-corrected chi connectivity index (χ3v) is 4.41. The highest BCUT2D eigenvalue weighted by Gasteiger charge is 2.46. The number of hydrogen-bond acceptors (Lipinski definition) is 6. The molecule has 2 aromatic rings. The summed E-state index contributed by atoms with van der Waals surface area (Å²) in [6.07, 6.45) is 1.28. The normalized spacial score (nSPS) is 18.5. The number of likely N-dealkylation sites (tertiary alicyclic amines) is 1. The van der Waals surface area contributed by atoms with Crippen molar-refractivity contribution >= 4 is 23.4 Å². The first-order valence-corrected chi connectivity index (χ1v) is 8.55. The zero-order chi connectivity index (χ0) is 20.3. The summed E-state index contributed by atoms with van der Waals surface area (Å²) in [5.41, 5.74) is 0.345. The SMILES string of the molecule is O=C([O-])CCCN1C(=O)C(=O)C(=C(O)c2ccc(F)cc2)[C@@H]1c1ccccn1. The van der Waals surface area contributed by atoms with Gasteiger partial charge in [-0.25, -0.2) is 4.39 Å². The van der Waals surface area contributed by atoms with Crippen molar-refractivity contribution in [2.75, 3.05) is 6.54 Å². The number of nitrogens with zero attached hydrogens (tertiary/aromatic N) is 2. The number of Topliss-reactive ketones (excluding diaryl/α,β-unsaturated/α-hetero) is 1. The van der Waals surface area contributed by atoms with Gasteiger partial charge in [0.05, 0.1) is 11.3 Å². The number of aromatic nitrogens is 1. The second kappa shape index (κ2) is 7.99. The molecular weight excluding hydrogens is 367 g/mol. The summed E-state index contributed by atoms with van der Waals surface area (Å²) in [5, 5.41) is 21.4. The molecule has 28 heavy (non-hydrogen) atoms. The molecule has 0 radical (unpaired) electrons. The van der Waals surface area contributed by atoms with Crippen LogP contribution in [0.2, 0.25) is 0 Å². The van der Waals surface area contributed by atoms with Gasteiger partial charge in [-0.15, -0.1) is 0 Å². The van der Waals surface area contributed by atoms with Crippen LogP contribution >= 0.6 is 0 Å². The fourth-order valence-corrected chi connectivity index (χ4v) is 3.11. The lowest BCUT2D eigenvalue weighted by Crippen LogP contribution is -2.32. The van der Waals surface area contributed by atoms with Crippen LogP contribution in [-0.2, 0) is 14.4 Å². The maximum absolute atomic E-state index is 13.2. The third-order valence-electron chi connectivity index (χ3n) is 4.41. The number of aliphatic hydroxyl groups excluding tert-OH is 1. The van der Waals surface area contributed by atoms with Gasteiger partial charge >= 0.3 is 0 Å². The molecule has 1 aromatic heterocycles. The van der Waals surface area contributed by atoms with Crippen molar-refractivity contribution in [3.63, 3.8) is 0 Å². The second-order valence-electron chi connectivity index (χ2n) is 6.23. The van der Waals surface area contributed by atoms with Crippen LogP contribution in [0, 0.1) is 5.82 Å². The Labute approximate surface area is 159 Å². The van der Waals surface area contributed by atoms with Crippen LogP contribution in [0.3, 0.4) is 0 Å². The Morgan fingerprint density at radius 1 is 1.18 bits per heavy atom. The summed E-state index contributed by atoms with van der Waals surface area (Å²) in [6, 6.07) is 8.79. The Kier molecular flexibility index (Phi) is 5.49. The average molecular weight is 383 g/mol. The first kappa shape index (κ1) is 19.2. The standard InChI is InChI=1S/C20H17FN2O5/c21-13-8-6-12(7-9-13)18(26)16-17(14-4-1-2-10-22-14)23(20(28)19(16)27)11-3-5-15(24)25/h1-2,4,6-10,17,26H,3,5,11H2,(H,24,25)/p-1/t17-/m0/s1. The smallest absolute Gasteiger partial charge is 0.295 e. The molecule has 1 aliphatic rings. The number of rotatable bonds is 6. The average Bonchev–Trinajstić information content (AvgIpc) is 2.93. The quantitative estimate of drug-likeness (QED) is 0.455. The van der Waals surface area contributed by atoms with Crippen molar-refractivity contribution in [2.45, 2.75) is 18.9 Å². The van der Waals surface area contributed by atoms with E-state index in [2.05, 4.69) is 4.98 Å². The van der Waals surface area contributed by atoms with Crippen LogP contribution in [0.4, 0.5) is 4.39 Å². The van der Waals surface area contributed by atoms with E-state index in [0.717, 1.165) is 12.1 Å². The number of aliphatic carboxylic acids is 1. The second-order valence-corrected chi connectivity index (χ2v) is 6.23. The highest BCUT2D eigenvalue weighted by Crippen LogP contribution is 2.38. The summed E-state index contributed by atoms with van der Waals surface area (Å²) in [5.74, 6) is -4.00. The molecule has 2 heterocycles. The number of pyridine rings is 1. The molecule has 0 spiro atoms. The third kappa shape index (κ3) is 3.75. The van der Waals surface area contributed by atoms with E-state index in [4.69, 9.17) is 0 Å². The van der Waals surface area contributed by atoms with Gasteiger partial charge in [0.1, 0.15) is 17.6 Å². The molecule has 1 fully saturated rings. The zero-order valence-corrected chi connectivity index (χ0v) is 14.7. The first-order chi connectivity index (χ1) is 13.4. The Hall–Kier alpha value is -3.55. The Bertz CT molecular complexity index is 941. The number of carboxylic acids is 1. The monoisotopic (exact) mass is 383 g/mol. The molecule has 1 saturated heterocycles. The van der Waals surface area contributed by atoms with Crippen LogP contribution in [-0.4, -0.2) is 39.2 Å². The molecule has 0 bridgehead atoms. The summed E-state index contributed by atoms with van der Waals surface area (Å²) >= 11 is 0. The number of carbonyl (C=O) groups is 3. The Morgan fingerprint density at radius 2 is 1.89 bits per heavy atom. The molecule has 1 amide bonds. The van der Waals surface area contributed by atoms with E-state index in [9.17, 15) is 29.0 Å². The molecule has 8 heteroatoms. The predicted octanol–water partition coefficient (Wildman–Crippen LogP) is 1.17. The van der Waals surface area contributed by atoms with E-state index in [1.807, 2.05) is 0 Å². The molecular formula is C20H16FN2O5-. The zero-order valence-electron chi connectivity index (χ0n) is 14.7. The molecule has 1 atom stereocenters. The number of aliphatic hydroxyl groups is 1. The number of halogens is 1. The molecule has 1 aromatic carbocycles. The van der Waals surface area contributed by atoms with E-state index in [-0.39, 0.29) is 30.5 Å². The van der Waals surface area contributed by atoms with Crippen molar-refractivity contribution in [2.24, 2.45) is 0 Å². The first-order valence-electron chi connectivity index (χ1n) is 8.55. The van der Waals surface area contributed by atoms with Gasteiger partial charge in [0.2, 0.25) is 0 Å². The lowest BCUT2D eigenvalue weighted by Gasteiger charge is -2.24. The number of carbonyl (C=O) groups excluding carboxylic acids is 3. The van der Waals surface area contributed by atoms with Crippen molar-refractivity contribution in [1.29, 1.82) is 0 Å². The van der Waals surface area contributed by atoms with Crippen LogP contribution in [0.15, 0.2) is 54.2 Å². The predicted molar refractivity (Wildman–Crippen MR) is 93.9 cm³/mol. The molecule has 144 valence electrons. The Balaban J connectivity index is 2.07. The Morgan fingerprint density at radius 3 is 2.50 bits per heavy atom. The highest BCUT2D eigenvalue weighted by atomic mass is 19.1. The largest absolute Gasteiger partial charge is 0.550 e. The minimum Gasteiger partial charge on any atom is -0.550 e. The molecule has 3 rings (SSSR count). The van der Waals surface area contributed by atoms with Crippen LogP contribution in [0.1, 0.15) is 30.1 Å². The van der Waals surface area contributed by atoms with Crippen molar-refractivity contribution in [3.8, 4) is 0 Å². The number of amides is 1.